The summed E-state index contributed by atoms with van der Waals surface area (Å²) in [6, 6.07) is 0.213. The molecule has 0 aromatic carbocycles. The van der Waals surface area contributed by atoms with Gasteiger partial charge < -0.3 is 10.1 Å². The Morgan fingerprint density at radius 1 is 1.50 bits per heavy atom. The minimum absolute atomic E-state index is 0.213. The van der Waals surface area contributed by atoms with E-state index in [9.17, 15) is 4.79 Å². The Labute approximate surface area is 113 Å². The van der Waals surface area contributed by atoms with E-state index in [4.69, 9.17) is 4.74 Å². The monoisotopic (exact) mass is 267 g/mol. The second kappa shape index (κ2) is 4.92. The number of amides is 1. The van der Waals surface area contributed by atoms with Crippen molar-refractivity contribution in [2.45, 2.75) is 58.6 Å². The van der Waals surface area contributed by atoms with Crippen molar-refractivity contribution in [2.24, 2.45) is 0 Å². The highest BCUT2D eigenvalue weighted by Crippen LogP contribution is 2.29. The van der Waals surface area contributed by atoms with Crippen LogP contribution >= 0.6 is 11.3 Å². The normalized spacial score (nSPS) is 19.2. The van der Waals surface area contributed by atoms with Crippen LogP contribution < -0.4 is 5.32 Å². The van der Waals surface area contributed by atoms with Crippen molar-refractivity contribution in [3.8, 4) is 0 Å². The molecular formula is C14H21NO2S. The first kappa shape index (κ1) is 13.4. The van der Waals surface area contributed by atoms with Crippen LogP contribution in [0.1, 0.15) is 43.2 Å². The number of rotatable bonds is 1. The van der Waals surface area contributed by atoms with E-state index in [0.29, 0.717) is 0 Å². The molecule has 1 aliphatic carbocycles. The molecule has 0 bridgehead atoms. The molecule has 0 unspecified atom stereocenters. The summed E-state index contributed by atoms with van der Waals surface area (Å²) in [6.07, 6.45) is 2.70. The van der Waals surface area contributed by atoms with Crippen LogP contribution in [0.2, 0.25) is 0 Å². The Morgan fingerprint density at radius 2 is 2.22 bits per heavy atom. The average molecular weight is 267 g/mol. The number of carbonyl (C=O) groups excluding carboxylic acids is 1. The average Bonchev–Trinajstić information content (AvgIpc) is 2.57. The maximum absolute atomic E-state index is 11.7. The third-order valence-corrected chi connectivity index (χ3v) is 4.25. The summed E-state index contributed by atoms with van der Waals surface area (Å²) in [6.45, 7) is 7.81. The van der Waals surface area contributed by atoms with Crippen LogP contribution in [0.25, 0.3) is 0 Å². The SMILES string of the molecule is Cc1csc2c1CC[C@@H](NC(=O)OC(C)(C)C)C2. The summed E-state index contributed by atoms with van der Waals surface area (Å²) in [5.74, 6) is 0. The minimum Gasteiger partial charge on any atom is -0.444 e. The van der Waals surface area contributed by atoms with Gasteiger partial charge in [0.1, 0.15) is 5.60 Å². The van der Waals surface area contributed by atoms with Crippen LogP contribution in [-0.2, 0) is 17.6 Å². The molecule has 100 valence electrons. The molecule has 0 saturated carbocycles. The van der Waals surface area contributed by atoms with Crippen molar-refractivity contribution in [2.75, 3.05) is 0 Å². The molecule has 1 aliphatic rings. The van der Waals surface area contributed by atoms with Gasteiger partial charge >= 0.3 is 6.09 Å². The van der Waals surface area contributed by atoms with Gasteiger partial charge in [0.05, 0.1) is 0 Å². The van der Waals surface area contributed by atoms with Crippen molar-refractivity contribution in [3.05, 3.63) is 21.4 Å². The van der Waals surface area contributed by atoms with Crippen molar-refractivity contribution in [1.29, 1.82) is 0 Å². The highest BCUT2D eigenvalue weighted by Gasteiger charge is 2.24. The fraction of sp³-hybridized carbons (Fsp3) is 0.643. The van der Waals surface area contributed by atoms with E-state index in [1.54, 1.807) is 11.3 Å². The minimum atomic E-state index is -0.427. The van der Waals surface area contributed by atoms with Gasteiger partial charge in [-0.1, -0.05) is 0 Å². The van der Waals surface area contributed by atoms with Crippen LogP contribution in [0.15, 0.2) is 5.38 Å². The van der Waals surface area contributed by atoms with Crippen molar-refractivity contribution < 1.29 is 9.53 Å². The molecule has 1 atom stereocenters. The number of ether oxygens (including phenoxy) is 1. The zero-order chi connectivity index (χ0) is 13.3. The molecule has 0 radical (unpaired) electrons. The maximum Gasteiger partial charge on any atom is 0.407 e. The maximum atomic E-state index is 11.7. The van der Waals surface area contributed by atoms with Gasteiger partial charge in [-0.3, -0.25) is 0 Å². The number of hydrogen-bond donors (Lipinski definition) is 1. The molecule has 2 rings (SSSR count). The summed E-state index contributed by atoms with van der Waals surface area (Å²) in [7, 11) is 0. The largest absolute Gasteiger partial charge is 0.444 e. The third-order valence-electron chi connectivity index (χ3n) is 3.09. The molecule has 0 saturated heterocycles. The summed E-state index contributed by atoms with van der Waals surface area (Å²) >= 11 is 1.80. The molecule has 1 amide bonds. The van der Waals surface area contributed by atoms with Gasteiger partial charge in [-0.25, -0.2) is 4.79 Å². The zero-order valence-electron chi connectivity index (χ0n) is 11.5. The first-order chi connectivity index (χ1) is 8.35. The summed E-state index contributed by atoms with van der Waals surface area (Å²) in [5, 5.41) is 5.18. The lowest BCUT2D eigenvalue weighted by Crippen LogP contribution is -2.41. The van der Waals surface area contributed by atoms with Gasteiger partial charge in [0.2, 0.25) is 0 Å². The Hall–Kier alpha value is -1.03. The Morgan fingerprint density at radius 3 is 2.89 bits per heavy atom. The summed E-state index contributed by atoms with van der Waals surface area (Å²) in [4.78, 5) is 13.1. The lowest BCUT2D eigenvalue weighted by atomic mass is 9.93. The number of nitrogens with one attached hydrogen (secondary N) is 1. The molecule has 18 heavy (non-hydrogen) atoms. The summed E-state index contributed by atoms with van der Waals surface area (Å²) < 4.78 is 5.29. The molecule has 1 N–H and O–H groups in total. The molecule has 0 fully saturated rings. The van der Waals surface area contributed by atoms with Crippen LogP contribution in [0.4, 0.5) is 4.79 Å². The Balaban J connectivity index is 1.92. The van der Waals surface area contributed by atoms with Crippen LogP contribution in [0, 0.1) is 6.92 Å². The van der Waals surface area contributed by atoms with Gasteiger partial charge in [0, 0.05) is 17.3 Å². The molecule has 1 heterocycles. The molecule has 4 heteroatoms. The smallest absolute Gasteiger partial charge is 0.407 e. The van der Waals surface area contributed by atoms with Crippen molar-refractivity contribution >= 4 is 17.4 Å². The third kappa shape index (κ3) is 3.25. The standard InChI is InChI=1S/C14H21NO2S/c1-9-8-18-12-7-10(5-6-11(9)12)15-13(16)17-14(2,3)4/h8,10H,5-7H2,1-4H3,(H,15,16)/t10-/m1/s1. The number of alkyl carbamates (subject to hydrolysis) is 1. The Bertz CT molecular complexity index is 445. The molecule has 3 nitrogen and oxygen atoms in total. The first-order valence-electron chi connectivity index (χ1n) is 6.40. The van der Waals surface area contributed by atoms with E-state index >= 15 is 0 Å². The van der Waals surface area contributed by atoms with E-state index in [1.165, 1.54) is 16.0 Å². The highest BCUT2D eigenvalue weighted by atomic mass is 32.1. The molecular weight excluding hydrogens is 246 g/mol. The number of aryl methyl sites for hydroxylation is 1. The zero-order valence-corrected chi connectivity index (χ0v) is 12.3. The van der Waals surface area contributed by atoms with Crippen LogP contribution in [-0.4, -0.2) is 17.7 Å². The topological polar surface area (TPSA) is 38.3 Å². The van der Waals surface area contributed by atoms with Gasteiger partial charge in [-0.05, 0) is 57.0 Å². The molecule has 1 aromatic rings. The lowest BCUT2D eigenvalue weighted by molar-refractivity contribution is 0.0500. The number of hydrogen-bond acceptors (Lipinski definition) is 3. The van der Waals surface area contributed by atoms with E-state index < -0.39 is 5.60 Å². The highest BCUT2D eigenvalue weighted by molar-refractivity contribution is 7.10. The van der Waals surface area contributed by atoms with Crippen LogP contribution in [0.3, 0.4) is 0 Å². The quantitative estimate of drug-likeness (QED) is 0.846. The predicted octanol–water partition coefficient (Wildman–Crippen LogP) is 3.44. The first-order valence-corrected chi connectivity index (χ1v) is 7.28. The fourth-order valence-electron chi connectivity index (χ4n) is 2.27. The number of thiophene rings is 1. The van der Waals surface area contributed by atoms with Gasteiger partial charge in [-0.2, -0.15) is 0 Å². The van der Waals surface area contributed by atoms with Gasteiger partial charge in [-0.15, -0.1) is 11.3 Å². The second-order valence-electron chi connectivity index (χ2n) is 5.91. The van der Waals surface area contributed by atoms with E-state index in [-0.39, 0.29) is 12.1 Å². The second-order valence-corrected chi connectivity index (χ2v) is 6.87. The fourth-order valence-corrected chi connectivity index (χ4v) is 3.44. The van der Waals surface area contributed by atoms with E-state index in [0.717, 1.165) is 19.3 Å². The van der Waals surface area contributed by atoms with E-state index in [1.807, 2.05) is 20.8 Å². The van der Waals surface area contributed by atoms with Gasteiger partial charge in [0.25, 0.3) is 0 Å². The molecule has 0 aliphatic heterocycles. The molecule has 0 spiro atoms. The number of carbonyl (C=O) groups is 1. The Kier molecular flexibility index (Phi) is 3.66. The lowest BCUT2D eigenvalue weighted by Gasteiger charge is -2.26. The van der Waals surface area contributed by atoms with E-state index in [2.05, 4.69) is 17.6 Å². The van der Waals surface area contributed by atoms with Crippen molar-refractivity contribution in [1.82, 2.24) is 5.32 Å². The number of fused-ring (bicyclic) bond motifs is 1. The van der Waals surface area contributed by atoms with Crippen LogP contribution in [0.5, 0.6) is 0 Å². The predicted molar refractivity (Wildman–Crippen MR) is 74.2 cm³/mol. The van der Waals surface area contributed by atoms with Gasteiger partial charge in [0.15, 0.2) is 0 Å². The molecule has 1 aromatic heterocycles. The van der Waals surface area contributed by atoms with Crippen molar-refractivity contribution in [3.63, 3.8) is 0 Å². The summed E-state index contributed by atoms with van der Waals surface area (Å²) in [5.41, 5.74) is 2.46.